The maximum atomic E-state index is 9.19. The van der Waals surface area contributed by atoms with E-state index in [0.717, 1.165) is 30.4 Å². The predicted octanol–water partition coefficient (Wildman–Crippen LogP) is 2.41. The second kappa shape index (κ2) is 6.23. The molecular formula is C16H22N4. The fourth-order valence-corrected chi connectivity index (χ4v) is 3.49. The molecule has 0 saturated carbocycles. The number of aromatic nitrogens is 1. The van der Waals surface area contributed by atoms with Crippen LogP contribution < -0.4 is 4.90 Å². The van der Waals surface area contributed by atoms with Crippen LogP contribution in [0.2, 0.25) is 0 Å². The van der Waals surface area contributed by atoms with E-state index >= 15 is 0 Å². The average Bonchev–Trinajstić information content (AvgIpc) is 2.56. The maximum absolute atomic E-state index is 9.19. The summed E-state index contributed by atoms with van der Waals surface area (Å²) in [6.45, 7) is 4.64. The van der Waals surface area contributed by atoms with E-state index in [9.17, 15) is 5.26 Å². The normalized spacial score (nSPS) is 21.6. The van der Waals surface area contributed by atoms with Crippen molar-refractivity contribution in [3.63, 3.8) is 0 Å². The number of nitrogens with zero attached hydrogens (tertiary/aromatic N) is 4. The van der Waals surface area contributed by atoms with Crippen LogP contribution in [0.15, 0.2) is 18.5 Å². The lowest BCUT2D eigenvalue weighted by atomic mass is 9.99. The molecule has 1 aromatic rings. The van der Waals surface area contributed by atoms with Crippen LogP contribution in [0, 0.1) is 11.3 Å². The number of likely N-dealkylation sites (tertiary alicyclic amines) is 1. The highest BCUT2D eigenvalue weighted by Gasteiger charge is 2.26. The minimum atomic E-state index is 0.744. The summed E-state index contributed by atoms with van der Waals surface area (Å²) in [5.74, 6) is 0. The first-order chi connectivity index (χ1) is 9.88. The molecule has 2 aliphatic rings. The molecule has 2 fully saturated rings. The molecule has 2 aliphatic heterocycles. The molecule has 3 rings (SSSR count). The number of piperidine rings is 2. The van der Waals surface area contributed by atoms with E-state index in [-0.39, 0.29) is 0 Å². The van der Waals surface area contributed by atoms with Crippen LogP contribution in [0.3, 0.4) is 0 Å². The molecule has 0 spiro atoms. The van der Waals surface area contributed by atoms with Crippen LogP contribution >= 0.6 is 0 Å². The van der Waals surface area contributed by atoms with Gasteiger partial charge < -0.3 is 9.80 Å². The topological polar surface area (TPSA) is 43.2 Å². The Kier molecular flexibility index (Phi) is 4.17. The second-order valence-corrected chi connectivity index (χ2v) is 5.82. The van der Waals surface area contributed by atoms with Crippen molar-refractivity contribution in [2.45, 2.75) is 38.1 Å². The van der Waals surface area contributed by atoms with Gasteiger partial charge in [-0.2, -0.15) is 5.26 Å². The van der Waals surface area contributed by atoms with Crippen molar-refractivity contribution in [1.82, 2.24) is 9.88 Å². The van der Waals surface area contributed by atoms with Gasteiger partial charge in [-0.1, -0.05) is 6.42 Å². The summed E-state index contributed by atoms with van der Waals surface area (Å²) in [5, 5.41) is 9.19. The Morgan fingerprint density at radius 2 is 1.85 bits per heavy atom. The van der Waals surface area contributed by atoms with Gasteiger partial charge in [0, 0.05) is 25.3 Å². The first-order valence-corrected chi connectivity index (χ1v) is 7.71. The molecule has 4 nitrogen and oxygen atoms in total. The Bertz CT molecular complexity index is 479. The average molecular weight is 270 g/mol. The van der Waals surface area contributed by atoms with Gasteiger partial charge in [0.15, 0.2) is 0 Å². The summed E-state index contributed by atoms with van der Waals surface area (Å²) in [5.41, 5.74) is 1.75. The van der Waals surface area contributed by atoms with E-state index in [1.807, 2.05) is 12.3 Å². The summed E-state index contributed by atoms with van der Waals surface area (Å²) >= 11 is 0. The van der Waals surface area contributed by atoms with Gasteiger partial charge in [0.05, 0.1) is 17.4 Å². The number of nitriles is 1. The van der Waals surface area contributed by atoms with Gasteiger partial charge in [0.2, 0.25) is 0 Å². The lowest BCUT2D eigenvalue weighted by Crippen LogP contribution is -2.46. The molecule has 4 heteroatoms. The summed E-state index contributed by atoms with van der Waals surface area (Å²) in [4.78, 5) is 9.18. The van der Waals surface area contributed by atoms with Crippen LogP contribution in [0.1, 0.15) is 37.7 Å². The number of hydrogen-bond donors (Lipinski definition) is 0. The molecule has 3 heterocycles. The lowest BCUT2D eigenvalue weighted by Gasteiger charge is -2.41. The molecule has 0 radical (unpaired) electrons. The van der Waals surface area contributed by atoms with Crippen molar-refractivity contribution < 1.29 is 0 Å². The number of anilines is 1. The lowest BCUT2D eigenvalue weighted by molar-refractivity contribution is 0.141. The van der Waals surface area contributed by atoms with E-state index in [1.165, 1.54) is 45.2 Å². The van der Waals surface area contributed by atoms with E-state index in [4.69, 9.17) is 0 Å². The Hall–Kier alpha value is -1.60. The van der Waals surface area contributed by atoms with Crippen molar-refractivity contribution >= 4 is 5.69 Å². The van der Waals surface area contributed by atoms with Gasteiger partial charge in [0.1, 0.15) is 6.07 Å². The number of pyridine rings is 1. The summed E-state index contributed by atoms with van der Waals surface area (Å²) in [6, 6.07) is 4.83. The third kappa shape index (κ3) is 2.78. The zero-order valence-electron chi connectivity index (χ0n) is 12.0. The van der Waals surface area contributed by atoms with Crippen molar-refractivity contribution in [2.75, 3.05) is 31.1 Å². The third-order valence-electron chi connectivity index (χ3n) is 4.63. The van der Waals surface area contributed by atoms with Crippen LogP contribution in [0.25, 0.3) is 0 Å². The fraction of sp³-hybridized carbons (Fsp3) is 0.625. The first-order valence-electron chi connectivity index (χ1n) is 7.71. The van der Waals surface area contributed by atoms with Gasteiger partial charge in [-0.25, -0.2) is 0 Å². The summed E-state index contributed by atoms with van der Waals surface area (Å²) in [7, 11) is 0. The molecule has 0 bridgehead atoms. The Balaban J connectivity index is 1.62. The molecule has 1 aromatic heterocycles. The highest BCUT2D eigenvalue weighted by Crippen LogP contribution is 2.26. The van der Waals surface area contributed by atoms with Crippen molar-refractivity contribution in [1.29, 1.82) is 5.26 Å². The molecule has 20 heavy (non-hydrogen) atoms. The molecule has 0 amide bonds. The molecule has 2 saturated heterocycles. The highest BCUT2D eigenvalue weighted by atomic mass is 15.2. The van der Waals surface area contributed by atoms with Crippen molar-refractivity contribution in [3.8, 4) is 6.07 Å². The Morgan fingerprint density at radius 1 is 1.10 bits per heavy atom. The zero-order chi connectivity index (χ0) is 13.8. The SMILES string of the molecule is N#Cc1ccncc1N1CCC(N2CCCCC2)CC1. The monoisotopic (exact) mass is 270 g/mol. The van der Waals surface area contributed by atoms with Crippen LogP contribution in [0.4, 0.5) is 5.69 Å². The van der Waals surface area contributed by atoms with Gasteiger partial charge >= 0.3 is 0 Å². The molecule has 0 N–H and O–H groups in total. The first kappa shape index (κ1) is 13.4. The van der Waals surface area contributed by atoms with Gasteiger partial charge in [-0.3, -0.25) is 4.98 Å². The summed E-state index contributed by atoms with van der Waals surface area (Å²) < 4.78 is 0. The van der Waals surface area contributed by atoms with E-state index in [0.29, 0.717) is 0 Å². The van der Waals surface area contributed by atoms with E-state index in [2.05, 4.69) is 20.9 Å². The third-order valence-corrected chi connectivity index (χ3v) is 4.63. The number of rotatable bonds is 2. The standard InChI is InChI=1S/C16H22N4/c17-12-14-4-7-18-13-16(14)20-10-5-15(6-11-20)19-8-2-1-3-9-19/h4,7,13,15H,1-3,5-6,8-11H2. The van der Waals surface area contributed by atoms with Gasteiger partial charge in [-0.15, -0.1) is 0 Å². The second-order valence-electron chi connectivity index (χ2n) is 5.82. The highest BCUT2D eigenvalue weighted by molar-refractivity contribution is 5.57. The zero-order valence-corrected chi connectivity index (χ0v) is 12.0. The molecule has 0 atom stereocenters. The quantitative estimate of drug-likeness (QED) is 0.827. The summed E-state index contributed by atoms with van der Waals surface area (Å²) in [6.07, 6.45) is 10.1. The molecule has 0 aliphatic carbocycles. The predicted molar refractivity (Wildman–Crippen MR) is 79.6 cm³/mol. The smallest absolute Gasteiger partial charge is 0.101 e. The minimum Gasteiger partial charge on any atom is -0.369 e. The molecule has 0 unspecified atom stereocenters. The Morgan fingerprint density at radius 3 is 2.55 bits per heavy atom. The van der Waals surface area contributed by atoms with Crippen LogP contribution in [-0.2, 0) is 0 Å². The minimum absolute atomic E-state index is 0.744. The van der Waals surface area contributed by atoms with Crippen molar-refractivity contribution in [2.24, 2.45) is 0 Å². The van der Waals surface area contributed by atoms with Crippen molar-refractivity contribution in [3.05, 3.63) is 24.0 Å². The largest absolute Gasteiger partial charge is 0.369 e. The molecular weight excluding hydrogens is 248 g/mol. The fourth-order valence-electron chi connectivity index (χ4n) is 3.49. The number of hydrogen-bond acceptors (Lipinski definition) is 4. The van der Waals surface area contributed by atoms with E-state index < -0.39 is 0 Å². The van der Waals surface area contributed by atoms with Gasteiger partial charge in [-0.05, 0) is 44.8 Å². The maximum Gasteiger partial charge on any atom is 0.101 e. The van der Waals surface area contributed by atoms with Gasteiger partial charge in [0.25, 0.3) is 0 Å². The Labute approximate surface area is 121 Å². The van der Waals surface area contributed by atoms with Crippen LogP contribution in [0.5, 0.6) is 0 Å². The molecule has 106 valence electrons. The molecule has 0 aromatic carbocycles. The van der Waals surface area contributed by atoms with Crippen LogP contribution in [-0.4, -0.2) is 42.1 Å². The van der Waals surface area contributed by atoms with E-state index in [1.54, 1.807) is 6.20 Å².